The molecule has 1 N–H and O–H groups in total. The fourth-order valence-corrected chi connectivity index (χ4v) is 3.83. The fraction of sp³-hybridized carbons (Fsp3) is 0.167. The highest BCUT2D eigenvalue weighted by molar-refractivity contribution is 14.1. The monoisotopic (exact) mass is 499 g/mol. The molecular formula is C18H15ClIN3O2S. The number of halogens is 2. The molecule has 3 rings (SSSR count). The van der Waals surface area contributed by atoms with Gasteiger partial charge in [0.15, 0.2) is 5.17 Å². The van der Waals surface area contributed by atoms with E-state index in [0.29, 0.717) is 15.9 Å². The van der Waals surface area contributed by atoms with Crippen LogP contribution >= 0.6 is 46.0 Å². The summed E-state index contributed by atoms with van der Waals surface area (Å²) in [6.45, 7) is 0. The second-order valence-electron chi connectivity index (χ2n) is 5.63. The molecule has 0 spiro atoms. The van der Waals surface area contributed by atoms with Crippen LogP contribution in [0, 0.1) is 3.57 Å². The van der Waals surface area contributed by atoms with E-state index in [1.807, 2.05) is 24.3 Å². The first-order valence-electron chi connectivity index (χ1n) is 7.76. The Kier molecular flexibility index (Phi) is 6.20. The minimum atomic E-state index is -0.531. The van der Waals surface area contributed by atoms with E-state index in [1.165, 1.54) is 16.7 Å². The molecule has 8 heteroatoms. The molecule has 0 aromatic heterocycles. The maximum atomic E-state index is 12.6. The number of hydrogen-bond acceptors (Lipinski definition) is 4. The number of anilines is 1. The van der Waals surface area contributed by atoms with Crippen molar-refractivity contribution in [2.24, 2.45) is 4.99 Å². The van der Waals surface area contributed by atoms with Gasteiger partial charge in [-0.25, -0.2) is 4.99 Å². The number of amides is 2. The highest BCUT2D eigenvalue weighted by Crippen LogP contribution is 2.29. The Hall–Kier alpha value is -1.58. The number of rotatable bonds is 3. The summed E-state index contributed by atoms with van der Waals surface area (Å²) in [5, 5.41) is 3.40. The molecule has 26 heavy (non-hydrogen) atoms. The summed E-state index contributed by atoms with van der Waals surface area (Å²) in [5.41, 5.74) is 1.38. The van der Waals surface area contributed by atoms with Crippen molar-refractivity contribution in [3.05, 3.63) is 57.1 Å². The van der Waals surface area contributed by atoms with Gasteiger partial charge in [0.1, 0.15) is 5.25 Å². The summed E-state index contributed by atoms with van der Waals surface area (Å²) in [6.07, 6.45) is 0.131. The third-order valence-electron chi connectivity index (χ3n) is 3.72. The molecule has 1 saturated heterocycles. The maximum Gasteiger partial charge on any atom is 0.238 e. The van der Waals surface area contributed by atoms with Crippen LogP contribution in [0.4, 0.5) is 11.4 Å². The molecule has 2 aromatic carbocycles. The molecule has 0 bridgehead atoms. The van der Waals surface area contributed by atoms with Crippen LogP contribution in [0.5, 0.6) is 0 Å². The zero-order valence-electron chi connectivity index (χ0n) is 13.8. The SMILES string of the molecule is CN1C(=O)C[C@@H](C(=O)Nc2ccc(Cl)cc2)SC1=Nc1ccc(I)cc1. The Morgan fingerprint density at radius 3 is 2.54 bits per heavy atom. The highest BCUT2D eigenvalue weighted by atomic mass is 127. The molecule has 2 aromatic rings. The van der Waals surface area contributed by atoms with E-state index >= 15 is 0 Å². The molecule has 134 valence electrons. The standard InChI is InChI=1S/C18H15ClIN3O2S/c1-23-16(24)10-15(17(25)21-13-6-2-11(19)3-7-13)26-18(23)22-14-8-4-12(20)5-9-14/h2-9,15H,10H2,1H3,(H,21,25)/t15-/m0/s1. The van der Waals surface area contributed by atoms with Crippen LogP contribution in [0.1, 0.15) is 6.42 Å². The lowest BCUT2D eigenvalue weighted by Gasteiger charge is -2.28. The lowest BCUT2D eigenvalue weighted by Crippen LogP contribution is -2.43. The predicted octanol–water partition coefficient (Wildman–Crippen LogP) is 4.53. The topological polar surface area (TPSA) is 61.8 Å². The van der Waals surface area contributed by atoms with Crippen LogP contribution < -0.4 is 5.32 Å². The highest BCUT2D eigenvalue weighted by Gasteiger charge is 2.34. The van der Waals surface area contributed by atoms with Gasteiger partial charge in [0.25, 0.3) is 0 Å². The molecule has 0 unspecified atom stereocenters. The summed E-state index contributed by atoms with van der Waals surface area (Å²) in [7, 11) is 1.67. The molecule has 0 aliphatic carbocycles. The summed E-state index contributed by atoms with van der Waals surface area (Å²) in [4.78, 5) is 30.9. The Morgan fingerprint density at radius 1 is 1.23 bits per heavy atom. The molecule has 1 heterocycles. The smallest absolute Gasteiger partial charge is 0.238 e. The van der Waals surface area contributed by atoms with Crippen LogP contribution in [-0.2, 0) is 9.59 Å². The number of hydrogen-bond donors (Lipinski definition) is 1. The maximum absolute atomic E-state index is 12.6. The summed E-state index contributed by atoms with van der Waals surface area (Å²) in [5.74, 6) is -0.363. The van der Waals surface area contributed by atoms with Crippen molar-refractivity contribution in [2.75, 3.05) is 12.4 Å². The number of thioether (sulfide) groups is 1. The molecule has 2 amide bonds. The van der Waals surface area contributed by atoms with E-state index in [2.05, 4.69) is 32.9 Å². The van der Waals surface area contributed by atoms with Crippen molar-refractivity contribution in [3.63, 3.8) is 0 Å². The molecule has 0 saturated carbocycles. The van der Waals surface area contributed by atoms with Gasteiger partial charge < -0.3 is 5.32 Å². The first-order chi connectivity index (χ1) is 12.4. The van der Waals surface area contributed by atoms with Crippen molar-refractivity contribution in [3.8, 4) is 0 Å². The molecule has 1 fully saturated rings. The largest absolute Gasteiger partial charge is 0.325 e. The summed E-state index contributed by atoms with van der Waals surface area (Å²) in [6, 6.07) is 14.5. The molecule has 1 aliphatic heterocycles. The molecule has 0 radical (unpaired) electrons. The first kappa shape index (κ1) is 19.2. The molecular weight excluding hydrogens is 485 g/mol. The van der Waals surface area contributed by atoms with Crippen LogP contribution in [-0.4, -0.2) is 34.2 Å². The van der Waals surface area contributed by atoms with Gasteiger partial charge >= 0.3 is 0 Å². The van der Waals surface area contributed by atoms with Gasteiger partial charge in [-0.3, -0.25) is 14.5 Å². The fourth-order valence-electron chi connectivity index (χ4n) is 2.28. The number of aliphatic imine (C=N–C) groups is 1. The average molecular weight is 500 g/mol. The lowest BCUT2D eigenvalue weighted by molar-refractivity contribution is -0.128. The third-order valence-corrected chi connectivity index (χ3v) is 5.94. The minimum Gasteiger partial charge on any atom is -0.325 e. The van der Waals surface area contributed by atoms with E-state index in [0.717, 1.165) is 9.26 Å². The van der Waals surface area contributed by atoms with Crippen LogP contribution in [0.15, 0.2) is 53.5 Å². The van der Waals surface area contributed by atoms with Crippen LogP contribution in [0.3, 0.4) is 0 Å². The quantitative estimate of drug-likeness (QED) is 0.631. The van der Waals surface area contributed by atoms with Crippen molar-refractivity contribution >= 4 is 74.3 Å². The van der Waals surface area contributed by atoms with Crippen molar-refractivity contribution in [1.82, 2.24) is 4.90 Å². The summed E-state index contributed by atoms with van der Waals surface area (Å²) < 4.78 is 1.10. The van der Waals surface area contributed by atoms with Crippen LogP contribution in [0.2, 0.25) is 5.02 Å². The van der Waals surface area contributed by atoms with E-state index in [1.54, 1.807) is 31.3 Å². The van der Waals surface area contributed by atoms with Gasteiger partial charge in [-0.05, 0) is 71.1 Å². The Bertz CT molecular complexity index is 856. The van der Waals surface area contributed by atoms with Gasteiger partial charge in [-0.1, -0.05) is 23.4 Å². The van der Waals surface area contributed by atoms with E-state index in [-0.39, 0.29) is 18.2 Å². The van der Waals surface area contributed by atoms with E-state index in [4.69, 9.17) is 11.6 Å². The number of amidine groups is 1. The van der Waals surface area contributed by atoms with Crippen molar-refractivity contribution < 1.29 is 9.59 Å². The normalized spacial score (nSPS) is 18.9. The Morgan fingerprint density at radius 2 is 1.88 bits per heavy atom. The van der Waals surface area contributed by atoms with Crippen molar-refractivity contribution in [2.45, 2.75) is 11.7 Å². The average Bonchev–Trinajstić information content (AvgIpc) is 2.62. The van der Waals surface area contributed by atoms with Gasteiger partial charge in [-0.2, -0.15) is 0 Å². The second kappa shape index (κ2) is 8.41. The zero-order chi connectivity index (χ0) is 18.7. The number of benzene rings is 2. The summed E-state index contributed by atoms with van der Waals surface area (Å²) >= 11 is 9.36. The van der Waals surface area contributed by atoms with Gasteiger partial charge in [0.2, 0.25) is 11.8 Å². The second-order valence-corrected chi connectivity index (χ2v) is 8.48. The van der Waals surface area contributed by atoms with Gasteiger partial charge in [-0.15, -0.1) is 0 Å². The number of nitrogens with zero attached hydrogens (tertiary/aromatic N) is 2. The molecule has 5 nitrogen and oxygen atoms in total. The van der Waals surface area contributed by atoms with Gasteiger partial charge in [0, 0.05) is 27.7 Å². The number of nitrogens with one attached hydrogen (secondary N) is 1. The van der Waals surface area contributed by atoms with E-state index < -0.39 is 5.25 Å². The van der Waals surface area contributed by atoms with Gasteiger partial charge in [0.05, 0.1) is 5.69 Å². The number of carbonyl (C=O) groups excluding carboxylic acids is 2. The third kappa shape index (κ3) is 4.77. The van der Waals surface area contributed by atoms with Crippen LogP contribution in [0.25, 0.3) is 0 Å². The molecule has 1 atom stereocenters. The first-order valence-corrected chi connectivity index (χ1v) is 10.1. The van der Waals surface area contributed by atoms with E-state index in [9.17, 15) is 9.59 Å². The zero-order valence-corrected chi connectivity index (χ0v) is 17.5. The Balaban J connectivity index is 1.76. The lowest BCUT2D eigenvalue weighted by atomic mass is 10.2. The van der Waals surface area contributed by atoms with Crippen molar-refractivity contribution in [1.29, 1.82) is 0 Å². The minimum absolute atomic E-state index is 0.131. The predicted molar refractivity (Wildman–Crippen MR) is 115 cm³/mol. The molecule has 1 aliphatic rings. The number of carbonyl (C=O) groups is 2. The Labute approximate surface area is 174 Å².